The van der Waals surface area contributed by atoms with Crippen LogP contribution in [0.3, 0.4) is 0 Å². The summed E-state index contributed by atoms with van der Waals surface area (Å²) >= 11 is 0. The van der Waals surface area contributed by atoms with Gasteiger partial charge in [-0.3, -0.25) is 9.62 Å². The number of likely N-dealkylation sites (N-methyl/N-ethyl adjacent to an activating group) is 1. The second kappa shape index (κ2) is 8.35. The molecule has 3 rings (SSSR count). The van der Waals surface area contributed by atoms with E-state index in [1.54, 1.807) is 6.92 Å². The summed E-state index contributed by atoms with van der Waals surface area (Å²) < 4.78 is 55.6. The first-order chi connectivity index (χ1) is 13.7. The van der Waals surface area contributed by atoms with Gasteiger partial charge in [0, 0.05) is 12.1 Å². The van der Waals surface area contributed by atoms with Gasteiger partial charge in [-0.2, -0.15) is 0 Å². The SMILES string of the molecule is CCCS(=O)(=O)Nc1ccc(F)c(N2C/C(=C3/CC(CC)N(C)C3C)N=N2)c1F. The molecular formula is C19H27F2N5O2S. The molecule has 160 valence electrons. The summed E-state index contributed by atoms with van der Waals surface area (Å²) in [5.74, 6) is -1.98. The number of rotatable bonds is 6. The Morgan fingerprint density at radius 3 is 2.62 bits per heavy atom. The topological polar surface area (TPSA) is 77.4 Å². The molecule has 29 heavy (non-hydrogen) atoms. The van der Waals surface area contributed by atoms with E-state index in [9.17, 15) is 17.2 Å². The van der Waals surface area contributed by atoms with Gasteiger partial charge in [0.2, 0.25) is 10.0 Å². The molecule has 0 spiro atoms. The monoisotopic (exact) mass is 427 g/mol. The zero-order valence-corrected chi connectivity index (χ0v) is 17.9. The lowest BCUT2D eigenvalue weighted by molar-refractivity contribution is 0.254. The van der Waals surface area contributed by atoms with Crippen LogP contribution in [-0.4, -0.2) is 44.7 Å². The smallest absolute Gasteiger partial charge is 0.232 e. The van der Waals surface area contributed by atoms with Gasteiger partial charge in [-0.1, -0.05) is 19.1 Å². The second-order valence-electron chi connectivity index (χ2n) is 7.51. The van der Waals surface area contributed by atoms with Crippen molar-refractivity contribution in [2.45, 2.75) is 52.1 Å². The summed E-state index contributed by atoms with van der Waals surface area (Å²) in [4.78, 5) is 2.27. The molecular weight excluding hydrogens is 400 g/mol. The molecule has 10 heteroatoms. The van der Waals surface area contributed by atoms with Crippen molar-refractivity contribution in [2.75, 3.05) is 29.1 Å². The van der Waals surface area contributed by atoms with E-state index in [1.807, 2.05) is 0 Å². The van der Waals surface area contributed by atoms with Crippen LogP contribution >= 0.6 is 0 Å². The number of likely N-dealkylation sites (tertiary alicyclic amines) is 1. The minimum atomic E-state index is -3.71. The van der Waals surface area contributed by atoms with Crippen LogP contribution in [0, 0.1) is 11.6 Å². The molecule has 0 radical (unpaired) electrons. The van der Waals surface area contributed by atoms with Crippen molar-refractivity contribution in [1.29, 1.82) is 0 Å². The summed E-state index contributed by atoms with van der Waals surface area (Å²) in [5, 5.41) is 9.29. The zero-order valence-electron chi connectivity index (χ0n) is 17.1. The number of nitrogens with one attached hydrogen (secondary N) is 1. The van der Waals surface area contributed by atoms with Crippen LogP contribution < -0.4 is 9.73 Å². The average Bonchev–Trinajstić information content (AvgIpc) is 3.23. The van der Waals surface area contributed by atoms with Crippen LogP contribution in [0.15, 0.2) is 33.7 Å². The highest BCUT2D eigenvalue weighted by atomic mass is 32.2. The second-order valence-corrected chi connectivity index (χ2v) is 9.35. The first kappa shape index (κ1) is 21.6. The molecule has 2 unspecified atom stereocenters. The Balaban J connectivity index is 1.89. The molecule has 0 aliphatic carbocycles. The number of benzene rings is 1. The summed E-state index contributed by atoms with van der Waals surface area (Å²) in [6.07, 6.45) is 2.23. The van der Waals surface area contributed by atoms with E-state index >= 15 is 0 Å². The molecule has 2 heterocycles. The Kier molecular flexibility index (Phi) is 6.23. The van der Waals surface area contributed by atoms with E-state index in [0.29, 0.717) is 18.2 Å². The lowest BCUT2D eigenvalue weighted by Gasteiger charge is -2.21. The van der Waals surface area contributed by atoms with Crippen molar-refractivity contribution in [2.24, 2.45) is 10.3 Å². The van der Waals surface area contributed by atoms with Crippen molar-refractivity contribution < 1.29 is 17.2 Å². The lowest BCUT2D eigenvalue weighted by Crippen LogP contribution is -2.30. The number of nitrogens with zero attached hydrogens (tertiary/aromatic N) is 4. The van der Waals surface area contributed by atoms with Gasteiger partial charge < -0.3 is 0 Å². The predicted octanol–water partition coefficient (Wildman–Crippen LogP) is 4.06. The minimum absolute atomic E-state index is 0.142. The summed E-state index contributed by atoms with van der Waals surface area (Å²) in [5.41, 5.74) is 1.11. The zero-order chi connectivity index (χ0) is 21.3. The van der Waals surface area contributed by atoms with Crippen molar-refractivity contribution in [3.05, 3.63) is 35.0 Å². The van der Waals surface area contributed by atoms with Crippen LogP contribution in [0.2, 0.25) is 0 Å². The highest BCUT2D eigenvalue weighted by molar-refractivity contribution is 7.92. The summed E-state index contributed by atoms with van der Waals surface area (Å²) in [6, 6.07) is 2.69. The van der Waals surface area contributed by atoms with E-state index in [0.717, 1.165) is 35.6 Å². The van der Waals surface area contributed by atoms with Crippen LogP contribution in [0.4, 0.5) is 20.2 Å². The van der Waals surface area contributed by atoms with E-state index < -0.39 is 27.3 Å². The number of anilines is 2. The molecule has 0 saturated carbocycles. The van der Waals surface area contributed by atoms with Gasteiger partial charge in [0.05, 0.1) is 23.7 Å². The molecule has 2 aliphatic heterocycles. The molecule has 1 fully saturated rings. The fraction of sp³-hybridized carbons (Fsp3) is 0.579. The fourth-order valence-electron chi connectivity index (χ4n) is 3.87. The number of hydrogen-bond acceptors (Lipinski definition) is 6. The quantitative estimate of drug-likeness (QED) is 0.743. The first-order valence-electron chi connectivity index (χ1n) is 9.80. The minimum Gasteiger partial charge on any atom is -0.297 e. The Bertz CT molecular complexity index is 948. The highest BCUT2D eigenvalue weighted by Crippen LogP contribution is 2.37. The van der Waals surface area contributed by atoms with Crippen molar-refractivity contribution in [3.8, 4) is 0 Å². The molecule has 1 aromatic rings. The largest absolute Gasteiger partial charge is 0.297 e. The van der Waals surface area contributed by atoms with Gasteiger partial charge >= 0.3 is 0 Å². The number of halogens is 2. The first-order valence-corrected chi connectivity index (χ1v) is 11.4. The molecule has 0 bridgehead atoms. The Morgan fingerprint density at radius 1 is 1.28 bits per heavy atom. The maximum Gasteiger partial charge on any atom is 0.232 e. The number of sulfonamides is 1. The normalized spacial score (nSPS) is 25.2. The van der Waals surface area contributed by atoms with E-state index in [1.165, 1.54) is 0 Å². The third-order valence-electron chi connectivity index (χ3n) is 5.62. The maximum absolute atomic E-state index is 15.0. The lowest BCUT2D eigenvalue weighted by atomic mass is 10.0. The molecule has 2 aliphatic rings. The molecule has 2 atom stereocenters. The van der Waals surface area contributed by atoms with Gasteiger partial charge in [0.15, 0.2) is 11.6 Å². The average molecular weight is 428 g/mol. The molecule has 1 saturated heterocycles. The van der Waals surface area contributed by atoms with Gasteiger partial charge in [-0.05, 0) is 50.9 Å². The van der Waals surface area contributed by atoms with Gasteiger partial charge in [-0.25, -0.2) is 22.2 Å². The Labute approximate surface area is 170 Å². The Morgan fingerprint density at radius 2 is 2.00 bits per heavy atom. The van der Waals surface area contributed by atoms with E-state index in [2.05, 4.69) is 40.9 Å². The van der Waals surface area contributed by atoms with E-state index in [4.69, 9.17) is 0 Å². The third-order valence-corrected chi connectivity index (χ3v) is 7.10. The molecule has 0 aromatic heterocycles. The Hall–Kier alpha value is -2.07. The molecule has 1 aromatic carbocycles. The molecule has 7 nitrogen and oxygen atoms in total. The van der Waals surface area contributed by atoms with Gasteiger partial charge in [-0.15, -0.1) is 5.11 Å². The van der Waals surface area contributed by atoms with Crippen molar-refractivity contribution >= 4 is 21.4 Å². The fourth-order valence-corrected chi connectivity index (χ4v) is 5.00. The van der Waals surface area contributed by atoms with Gasteiger partial charge in [0.1, 0.15) is 5.69 Å². The predicted molar refractivity (Wildman–Crippen MR) is 109 cm³/mol. The van der Waals surface area contributed by atoms with Crippen LogP contribution in [-0.2, 0) is 10.0 Å². The summed E-state index contributed by atoms with van der Waals surface area (Å²) in [6.45, 7) is 6.05. The number of hydrogen-bond donors (Lipinski definition) is 1. The van der Waals surface area contributed by atoms with Crippen molar-refractivity contribution in [3.63, 3.8) is 0 Å². The maximum atomic E-state index is 15.0. The molecule has 0 amide bonds. The van der Waals surface area contributed by atoms with Crippen LogP contribution in [0.25, 0.3) is 0 Å². The van der Waals surface area contributed by atoms with Gasteiger partial charge in [0.25, 0.3) is 0 Å². The summed E-state index contributed by atoms with van der Waals surface area (Å²) in [7, 11) is -1.65. The highest BCUT2D eigenvalue weighted by Gasteiger charge is 2.35. The molecule has 1 N–H and O–H groups in total. The standard InChI is InChI=1S/C19H27F2N5O2S/c1-5-9-29(27,28)23-16-8-7-15(20)19(18(16)21)26-11-17(22-24-26)14-10-13(6-2)25(4)12(14)3/h7-8,12-13,23H,5-6,9-11H2,1-4H3/b17-14+. The van der Waals surface area contributed by atoms with Crippen LogP contribution in [0.1, 0.15) is 40.0 Å². The van der Waals surface area contributed by atoms with Crippen LogP contribution in [0.5, 0.6) is 0 Å². The van der Waals surface area contributed by atoms with Crippen molar-refractivity contribution in [1.82, 2.24) is 4.90 Å². The third kappa shape index (κ3) is 4.28. The van der Waals surface area contributed by atoms with E-state index in [-0.39, 0.29) is 24.0 Å².